The summed E-state index contributed by atoms with van der Waals surface area (Å²) < 4.78 is 0. The topological polar surface area (TPSA) is 104 Å². The highest BCUT2D eigenvalue weighted by Gasteiger charge is 2.39. The van der Waals surface area contributed by atoms with Gasteiger partial charge in [-0.3, -0.25) is 0 Å². The van der Waals surface area contributed by atoms with Crippen molar-refractivity contribution in [3.63, 3.8) is 0 Å². The quantitative estimate of drug-likeness (QED) is 0.150. The van der Waals surface area contributed by atoms with Crippen LogP contribution in [0.4, 0.5) is 22.7 Å². The smallest absolute Gasteiger partial charge is 0.0390 e. The third kappa shape index (κ3) is 10.4. The van der Waals surface area contributed by atoms with Gasteiger partial charge in [0, 0.05) is 34.6 Å². The molecule has 342 valence electrons. The number of hydrogen-bond donors (Lipinski definition) is 4. The number of hydrogen-bond acceptors (Lipinski definition) is 4. The normalized spacial score (nSPS) is 14.0. The van der Waals surface area contributed by atoms with Crippen LogP contribution in [0.5, 0.6) is 0 Å². The maximum atomic E-state index is 7.30. The van der Waals surface area contributed by atoms with Crippen molar-refractivity contribution < 1.29 is 0 Å². The molecule has 0 amide bonds. The predicted octanol–water partition coefficient (Wildman–Crippen LogP) is 15.4. The van der Waals surface area contributed by atoms with Gasteiger partial charge in [0.15, 0.2) is 0 Å². The molecule has 4 nitrogen and oxygen atoms in total. The van der Waals surface area contributed by atoms with Crippen LogP contribution in [0, 0.1) is 0 Å². The van der Waals surface area contributed by atoms with Crippen molar-refractivity contribution in [1.29, 1.82) is 0 Å². The predicted molar refractivity (Wildman–Crippen MR) is 277 cm³/mol. The van der Waals surface area contributed by atoms with Crippen molar-refractivity contribution in [2.24, 2.45) is 0 Å². The van der Waals surface area contributed by atoms with Crippen molar-refractivity contribution in [2.45, 2.75) is 221 Å². The number of nitrogen functional groups attached to an aromatic ring is 4. The lowest BCUT2D eigenvalue weighted by Gasteiger charge is -2.38. The first-order chi connectivity index (χ1) is 27.5. The molecule has 0 radical (unpaired) electrons. The molecular formula is C58H90N4. The molecule has 0 fully saturated rings. The average molecular weight is 843 g/mol. The second-order valence-corrected chi connectivity index (χ2v) is 27.1. The van der Waals surface area contributed by atoms with Gasteiger partial charge in [-0.25, -0.2) is 0 Å². The van der Waals surface area contributed by atoms with E-state index in [1.54, 1.807) is 0 Å². The fraction of sp³-hybridized carbons (Fsp3) is 0.586. The van der Waals surface area contributed by atoms with E-state index in [9.17, 15) is 0 Å². The molecule has 0 saturated carbocycles. The minimum absolute atomic E-state index is 0.172. The Morgan fingerprint density at radius 2 is 0.323 bits per heavy atom. The molecule has 0 aromatic heterocycles. The molecule has 4 aromatic carbocycles. The molecule has 0 aliphatic carbocycles. The minimum atomic E-state index is -0.214. The molecule has 4 rings (SSSR count). The lowest BCUT2D eigenvalue weighted by atomic mass is 9.66. The van der Waals surface area contributed by atoms with Gasteiger partial charge in [0.05, 0.1) is 0 Å². The van der Waals surface area contributed by atoms with Crippen LogP contribution in [0.15, 0.2) is 48.5 Å². The van der Waals surface area contributed by atoms with Gasteiger partial charge in [-0.1, -0.05) is 215 Å². The molecule has 4 aromatic rings. The first-order valence-corrected chi connectivity index (χ1v) is 23.3. The Morgan fingerprint density at radius 3 is 0.403 bits per heavy atom. The summed E-state index contributed by atoms with van der Waals surface area (Å²) in [6, 6.07) is 19.5. The number of nitrogens with two attached hydrogens (primary N) is 4. The zero-order chi connectivity index (χ0) is 48.0. The van der Waals surface area contributed by atoms with Gasteiger partial charge in [-0.15, -0.1) is 0 Å². The summed E-state index contributed by atoms with van der Waals surface area (Å²) in [5, 5.41) is 0. The fourth-order valence-electron chi connectivity index (χ4n) is 9.54. The first-order valence-electron chi connectivity index (χ1n) is 23.3. The molecular weight excluding hydrogens is 753 g/mol. The molecule has 0 spiro atoms. The average Bonchev–Trinajstić information content (AvgIpc) is 3.04. The van der Waals surface area contributed by atoms with Crippen LogP contribution in [-0.2, 0) is 43.3 Å². The Kier molecular flexibility index (Phi) is 13.1. The maximum absolute atomic E-state index is 7.30. The largest absolute Gasteiger partial charge is 0.398 e. The summed E-state index contributed by atoms with van der Waals surface area (Å²) in [4.78, 5) is 0. The summed E-state index contributed by atoms with van der Waals surface area (Å²) >= 11 is 0. The van der Waals surface area contributed by atoms with Crippen LogP contribution in [0.1, 0.15) is 245 Å². The molecule has 0 aliphatic rings. The van der Waals surface area contributed by atoms with E-state index in [4.69, 9.17) is 22.9 Å². The van der Waals surface area contributed by atoms with E-state index in [2.05, 4.69) is 215 Å². The second kappa shape index (κ2) is 16.0. The molecule has 0 bridgehead atoms. The summed E-state index contributed by atoms with van der Waals surface area (Å²) in [5.74, 6) is -0.344. The number of benzene rings is 4. The summed E-state index contributed by atoms with van der Waals surface area (Å²) in [7, 11) is 0. The Labute approximate surface area is 380 Å². The third-order valence-electron chi connectivity index (χ3n) is 13.0. The molecule has 0 saturated heterocycles. The van der Waals surface area contributed by atoms with Gasteiger partial charge >= 0.3 is 0 Å². The minimum Gasteiger partial charge on any atom is -0.398 e. The van der Waals surface area contributed by atoms with E-state index in [0.29, 0.717) is 0 Å². The molecule has 0 unspecified atom stereocenters. The molecule has 4 heteroatoms. The van der Waals surface area contributed by atoms with E-state index in [1.165, 1.54) is 22.3 Å². The summed E-state index contributed by atoms with van der Waals surface area (Å²) in [5.41, 5.74) is 45.3. The fourth-order valence-corrected chi connectivity index (χ4v) is 9.54. The van der Waals surface area contributed by atoms with E-state index < -0.39 is 0 Å². The van der Waals surface area contributed by atoms with Crippen molar-refractivity contribution >= 4 is 22.7 Å². The van der Waals surface area contributed by atoms with E-state index in [1.807, 2.05) is 0 Å². The SMILES string of the molecule is CC(C)(C)c1cc(C(c2cc(C(C)(C)C)c(N)c(C(C)(C)C)c2)C(c2cc(C(C)(C)C)c(N)c(C(C)(C)C)c2)c2cc(C(C)(C)C)c(N)c(C(C)(C)C)c2)cc(C(C)(C)C)c1N. The third-order valence-corrected chi connectivity index (χ3v) is 13.0. The number of rotatable bonds is 5. The van der Waals surface area contributed by atoms with Crippen molar-refractivity contribution in [3.8, 4) is 0 Å². The zero-order valence-corrected chi connectivity index (χ0v) is 44.1. The van der Waals surface area contributed by atoms with Gasteiger partial charge in [-0.2, -0.15) is 0 Å². The van der Waals surface area contributed by atoms with Gasteiger partial charge in [0.2, 0.25) is 0 Å². The highest BCUT2D eigenvalue weighted by molar-refractivity contribution is 5.69. The Hall–Kier alpha value is -3.92. The highest BCUT2D eigenvalue weighted by atomic mass is 14.6. The van der Waals surface area contributed by atoms with Gasteiger partial charge in [-0.05, 0) is 110 Å². The van der Waals surface area contributed by atoms with Crippen LogP contribution in [0.2, 0.25) is 0 Å². The molecule has 62 heavy (non-hydrogen) atoms. The standard InChI is InChI=1S/C58H90N4/c1-51(2,3)37-25-33(26-38(47(37)59)52(4,5)6)45(34-27-39(53(7,8)9)48(60)40(28-34)54(10,11)12)46(35-29-41(55(13,14)15)49(61)42(30-35)56(16,17)18)36-31-43(57(19,20)21)50(62)44(32-36)58(22,23)24/h25-32,45-46H,59-62H2,1-24H3. The van der Waals surface area contributed by atoms with Crippen molar-refractivity contribution in [3.05, 3.63) is 115 Å². The number of anilines is 4. The van der Waals surface area contributed by atoms with E-state index in [-0.39, 0.29) is 55.2 Å². The molecule has 0 aliphatic heterocycles. The lowest BCUT2D eigenvalue weighted by molar-refractivity contribution is 0.555. The maximum Gasteiger partial charge on any atom is 0.0390 e. The zero-order valence-electron chi connectivity index (χ0n) is 44.1. The summed E-state index contributed by atoms with van der Waals surface area (Å²) in [6.07, 6.45) is 0. The molecule has 0 heterocycles. The monoisotopic (exact) mass is 843 g/mol. The van der Waals surface area contributed by atoms with Crippen molar-refractivity contribution in [1.82, 2.24) is 0 Å². The first kappa shape index (κ1) is 50.7. The van der Waals surface area contributed by atoms with Crippen LogP contribution in [0.25, 0.3) is 0 Å². The van der Waals surface area contributed by atoms with Crippen LogP contribution >= 0.6 is 0 Å². The van der Waals surface area contributed by atoms with Crippen LogP contribution in [-0.4, -0.2) is 0 Å². The Morgan fingerprint density at radius 1 is 0.226 bits per heavy atom. The van der Waals surface area contributed by atoms with Crippen molar-refractivity contribution in [2.75, 3.05) is 22.9 Å². The van der Waals surface area contributed by atoms with Crippen LogP contribution in [0.3, 0.4) is 0 Å². The highest BCUT2D eigenvalue weighted by Crippen LogP contribution is 2.52. The van der Waals surface area contributed by atoms with Crippen LogP contribution < -0.4 is 22.9 Å². The Bertz CT molecular complexity index is 1830. The Balaban J connectivity index is 2.55. The molecule has 0 atom stereocenters. The molecule has 8 N–H and O–H groups in total. The van der Waals surface area contributed by atoms with Gasteiger partial charge < -0.3 is 22.9 Å². The lowest BCUT2D eigenvalue weighted by Crippen LogP contribution is -2.27. The van der Waals surface area contributed by atoms with Gasteiger partial charge in [0.1, 0.15) is 0 Å². The summed E-state index contributed by atoms with van der Waals surface area (Å²) in [6.45, 7) is 54.9. The van der Waals surface area contributed by atoms with E-state index >= 15 is 0 Å². The van der Waals surface area contributed by atoms with E-state index in [0.717, 1.165) is 67.3 Å². The second-order valence-electron chi connectivity index (χ2n) is 27.1. The van der Waals surface area contributed by atoms with Gasteiger partial charge in [0.25, 0.3) is 0 Å².